The molecule has 13 heavy (non-hydrogen) atoms. The van der Waals surface area contributed by atoms with Crippen molar-refractivity contribution in [3.05, 3.63) is 0 Å². The van der Waals surface area contributed by atoms with E-state index in [4.69, 9.17) is 0 Å². The second-order valence-electron chi connectivity index (χ2n) is 3.16. The molecule has 0 bridgehead atoms. The van der Waals surface area contributed by atoms with Crippen molar-refractivity contribution >= 4 is 17.5 Å². The van der Waals surface area contributed by atoms with E-state index in [0.717, 1.165) is 18.2 Å². The average Bonchev–Trinajstić information content (AvgIpc) is 1.95. The summed E-state index contributed by atoms with van der Waals surface area (Å²) >= 11 is 1.05. The van der Waals surface area contributed by atoms with Crippen LogP contribution in [0.25, 0.3) is 0 Å². The topological polar surface area (TPSA) is 17.1 Å². The number of alkyl halides is 3. The Morgan fingerprint density at radius 3 is 2.31 bits per heavy atom. The monoisotopic (exact) mass is 214 g/mol. The van der Waals surface area contributed by atoms with Crippen LogP contribution in [-0.2, 0) is 4.79 Å². The van der Waals surface area contributed by atoms with Crippen LogP contribution < -0.4 is 0 Å². The van der Waals surface area contributed by atoms with Crippen LogP contribution >= 0.6 is 11.8 Å². The zero-order chi connectivity index (χ0) is 10.5. The minimum absolute atomic E-state index is 0.448. The molecule has 5 heteroatoms. The van der Waals surface area contributed by atoms with Crippen LogP contribution in [0.3, 0.4) is 0 Å². The van der Waals surface area contributed by atoms with E-state index in [1.807, 2.05) is 13.8 Å². The van der Waals surface area contributed by atoms with Crippen molar-refractivity contribution in [3.8, 4) is 0 Å². The average molecular weight is 214 g/mol. The quantitative estimate of drug-likeness (QED) is 0.654. The predicted octanol–water partition coefficient (Wildman–Crippen LogP) is 2.90. The van der Waals surface area contributed by atoms with Gasteiger partial charge in [0.15, 0.2) is 0 Å². The van der Waals surface area contributed by atoms with Crippen LogP contribution in [0.1, 0.15) is 20.3 Å². The maximum atomic E-state index is 11.7. The van der Waals surface area contributed by atoms with Crippen molar-refractivity contribution in [2.24, 2.45) is 5.92 Å². The summed E-state index contributed by atoms with van der Waals surface area (Å²) < 4.78 is 35.0. The van der Waals surface area contributed by atoms with E-state index in [-0.39, 0.29) is 0 Å². The molecule has 1 nitrogen and oxygen atoms in total. The number of halogens is 3. The molecule has 0 rings (SSSR count). The summed E-state index contributed by atoms with van der Waals surface area (Å²) in [6.07, 6.45) is -3.82. The van der Waals surface area contributed by atoms with E-state index in [0.29, 0.717) is 11.7 Å². The lowest BCUT2D eigenvalue weighted by atomic mass is 10.2. The molecular weight excluding hydrogens is 201 g/mol. The minimum atomic E-state index is -4.66. The highest BCUT2D eigenvalue weighted by atomic mass is 32.2. The fourth-order valence-electron chi connectivity index (χ4n) is 0.566. The molecule has 0 N–H and O–H groups in total. The summed E-state index contributed by atoms with van der Waals surface area (Å²) in [6.45, 7) is 3.98. The first-order valence-corrected chi connectivity index (χ1v) is 5.17. The van der Waals surface area contributed by atoms with E-state index in [9.17, 15) is 18.0 Å². The van der Waals surface area contributed by atoms with Crippen molar-refractivity contribution in [1.82, 2.24) is 0 Å². The van der Waals surface area contributed by atoms with Crippen LogP contribution in [0.5, 0.6) is 0 Å². The van der Waals surface area contributed by atoms with E-state index in [1.165, 1.54) is 0 Å². The van der Waals surface area contributed by atoms with Gasteiger partial charge in [-0.15, -0.1) is 0 Å². The summed E-state index contributed by atoms with van der Waals surface area (Å²) in [7, 11) is 0. The van der Waals surface area contributed by atoms with Gasteiger partial charge in [0.1, 0.15) is 0 Å². The summed E-state index contributed by atoms with van der Waals surface area (Å²) in [6, 6.07) is 0. The lowest BCUT2D eigenvalue weighted by molar-refractivity contribution is -0.167. The molecule has 0 atom stereocenters. The van der Waals surface area contributed by atoms with Crippen molar-refractivity contribution < 1.29 is 18.0 Å². The van der Waals surface area contributed by atoms with Crippen LogP contribution in [0.15, 0.2) is 0 Å². The molecule has 0 amide bonds. The van der Waals surface area contributed by atoms with Crippen molar-refractivity contribution in [2.45, 2.75) is 26.4 Å². The minimum Gasteiger partial charge on any atom is -0.289 e. The lowest BCUT2D eigenvalue weighted by Gasteiger charge is -2.05. The van der Waals surface area contributed by atoms with Gasteiger partial charge in [-0.1, -0.05) is 13.8 Å². The van der Waals surface area contributed by atoms with Crippen LogP contribution in [-0.4, -0.2) is 23.5 Å². The second kappa shape index (κ2) is 5.52. The highest BCUT2D eigenvalue weighted by Gasteiger charge is 2.37. The molecule has 0 aliphatic rings. The second-order valence-corrected chi connectivity index (χ2v) is 4.26. The molecule has 0 fully saturated rings. The Labute approximate surface area is 80.1 Å². The van der Waals surface area contributed by atoms with Crippen LogP contribution in [0.4, 0.5) is 13.2 Å². The molecule has 0 heterocycles. The van der Waals surface area contributed by atoms with Crippen molar-refractivity contribution in [2.75, 3.05) is 11.5 Å². The zero-order valence-electron chi connectivity index (χ0n) is 7.65. The van der Waals surface area contributed by atoms with Gasteiger partial charge in [-0.25, -0.2) is 0 Å². The normalized spacial score (nSPS) is 12.2. The van der Waals surface area contributed by atoms with E-state index < -0.39 is 17.7 Å². The number of hydrogen-bond donors (Lipinski definition) is 0. The molecule has 78 valence electrons. The Morgan fingerprint density at radius 1 is 1.38 bits per heavy atom. The number of ketones is 1. The molecule has 0 aromatic rings. The molecular formula is C8H13F3OS. The molecule has 0 aromatic carbocycles. The van der Waals surface area contributed by atoms with Crippen molar-refractivity contribution in [1.29, 1.82) is 0 Å². The van der Waals surface area contributed by atoms with Gasteiger partial charge < -0.3 is 0 Å². The first-order valence-electron chi connectivity index (χ1n) is 4.01. The Hall–Kier alpha value is -0.190. The van der Waals surface area contributed by atoms with Gasteiger partial charge in [0.05, 0.1) is 5.75 Å². The number of carbonyl (C=O) groups is 1. The highest BCUT2D eigenvalue weighted by molar-refractivity contribution is 7.99. The fraction of sp³-hybridized carbons (Fsp3) is 0.875. The summed E-state index contributed by atoms with van der Waals surface area (Å²) in [5.41, 5.74) is 0. The molecule has 0 spiro atoms. The van der Waals surface area contributed by atoms with Gasteiger partial charge >= 0.3 is 6.18 Å². The Balaban J connectivity index is 3.49. The predicted molar refractivity (Wildman–Crippen MR) is 47.8 cm³/mol. The summed E-state index contributed by atoms with van der Waals surface area (Å²) in [5.74, 6) is -1.01. The van der Waals surface area contributed by atoms with Gasteiger partial charge in [-0.3, -0.25) is 4.79 Å². The number of Topliss-reactive ketones (excluding diaryl/α,β-unsaturated/α-hetero) is 1. The molecule has 0 aliphatic carbocycles. The zero-order valence-corrected chi connectivity index (χ0v) is 8.47. The molecule has 0 saturated carbocycles. The number of rotatable bonds is 5. The van der Waals surface area contributed by atoms with Gasteiger partial charge in [-0.05, 0) is 18.1 Å². The standard InChI is InChI=1S/C8H13F3OS/c1-6(2)3-4-13-5-7(12)8(9,10)11/h6H,3-5H2,1-2H3. The molecule has 0 aliphatic heterocycles. The Morgan fingerprint density at radius 2 is 1.92 bits per heavy atom. The van der Waals surface area contributed by atoms with Gasteiger partial charge in [-0.2, -0.15) is 24.9 Å². The third-order valence-electron chi connectivity index (χ3n) is 1.39. The molecule has 0 unspecified atom stereocenters. The Kier molecular flexibility index (Phi) is 5.44. The maximum absolute atomic E-state index is 11.7. The Bertz CT molecular complexity index is 165. The number of carbonyl (C=O) groups excluding carboxylic acids is 1. The molecule has 0 radical (unpaired) electrons. The fourth-order valence-corrected chi connectivity index (χ4v) is 1.70. The maximum Gasteiger partial charge on any atom is 0.450 e. The van der Waals surface area contributed by atoms with Gasteiger partial charge in [0, 0.05) is 0 Å². The largest absolute Gasteiger partial charge is 0.450 e. The number of hydrogen-bond acceptors (Lipinski definition) is 2. The smallest absolute Gasteiger partial charge is 0.289 e. The van der Waals surface area contributed by atoms with Gasteiger partial charge in [0.2, 0.25) is 5.78 Å². The third-order valence-corrected chi connectivity index (χ3v) is 2.38. The summed E-state index contributed by atoms with van der Waals surface area (Å²) in [5, 5.41) is 0. The van der Waals surface area contributed by atoms with Crippen LogP contribution in [0, 0.1) is 5.92 Å². The highest BCUT2D eigenvalue weighted by Crippen LogP contribution is 2.19. The van der Waals surface area contributed by atoms with E-state index >= 15 is 0 Å². The lowest BCUT2D eigenvalue weighted by Crippen LogP contribution is -2.24. The van der Waals surface area contributed by atoms with E-state index in [2.05, 4.69) is 0 Å². The molecule has 0 saturated heterocycles. The third kappa shape index (κ3) is 6.93. The van der Waals surface area contributed by atoms with Gasteiger partial charge in [0.25, 0.3) is 0 Å². The number of thioether (sulfide) groups is 1. The first-order chi connectivity index (χ1) is 5.84. The summed E-state index contributed by atoms with van der Waals surface area (Å²) in [4.78, 5) is 10.4. The van der Waals surface area contributed by atoms with E-state index in [1.54, 1.807) is 0 Å². The van der Waals surface area contributed by atoms with Crippen LogP contribution in [0.2, 0.25) is 0 Å². The SMILES string of the molecule is CC(C)CCSCC(=O)C(F)(F)F. The molecule has 0 aromatic heterocycles. The van der Waals surface area contributed by atoms with Crippen molar-refractivity contribution in [3.63, 3.8) is 0 Å². The first kappa shape index (κ1) is 12.8.